The summed E-state index contributed by atoms with van der Waals surface area (Å²) in [6.45, 7) is 6.04. The number of anilines is 1. The van der Waals surface area contributed by atoms with Crippen molar-refractivity contribution in [2.45, 2.75) is 25.9 Å². The summed E-state index contributed by atoms with van der Waals surface area (Å²) in [7, 11) is 0. The molecule has 0 amide bonds. The Hall–Kier alpha value is -1.55. The first-order valence-electron chi connectivity index (χ1n) is 6.32. The van der Waals surface area contributed by atoms with Crippen LogP contribution in [0, 0.1) is 5.82 Å². The van der Waals surface area contributed by atoms with Crippen molar-refractivity contribution in [3.63, 3.8) is 0 Å². The molecule has 1 aromatic heterocycles. The lowest BCUT2D eigenvalue weighted by Gasteiger charge is -2.39. The summed E-state index contributed by atoms with van der Waals surface area (Å²) in [5.41, 5.74) is 1.63. The molecule has 2 atom stereocenters. The van der Waals surface area contributed by atoms with Gasteiger partial charge in [-0.05, 0) is 26.0 Å². The van der Waals surface area contributed by atoms with Gasteiger partial charge in [-0.15, -0.1) is 0 Å². The van der Waals surface area contributed by atoms with E-state index in [1.54, 1.807) is 18.4 Å². The number of rotatable bonds is 1. The molecule has 1 aliphatic heterocycles. The van der Waals surface area contributed by atoms with Gasteiger partial charge in [-0.3, -0.25) is 0 Å². The Labute approximate surface area is 106 Å². The van der Waals surface area contributed by atoms with Crippen molar-refractivity contribution in [1.82, 2.24) is 5.32 Å². The van der Waals surface area contributed by atoms with Crippen LogP contribution in [0.5, 0.6) is 0 Å². The molecule has 1 saturated heterocycles. The molecule has 0 bridgehead atoms. The minimum absolute atomic E-state index is 0.211. The highest BCUT2D eigenvalue weighted by atomic mass is 19.1. The van der Waals surface area contributed by atoms with E-state index in [0.717, 1.165) is 29.7 Å². The van der Waals surface area contributed by atoms with Gasteiger partial charge in [0.15, 0.2) is 5.58 Å². The summed E-state index contributed by atoms with van der Waals surface area (Å²) >= 11 is 0. The van der Waals surface area contributed by atoms with E-state index < -0.39 is 0 Å². The fourth-order valence-corrected chi connectivity index (χ4v) is 2.60. The van der Waals surface area contributed by atoms with Crippen LogP contribution in [0.4, 0.5) is 10.1 Å². The highest BCUT2D eigenvalue weighted by Gasteiger charge is 2.25. The molecule has 1 aromatic carbocycles. The molecule has 0 saturated carbocycles. The lowest BCUT2D eigenvalue weighted by Crippen LogP contribution is -2.54. The third kappa shape index (κ3) is 1.86. The van der Waals surface area contributed by atoms with E-state index in [4.69, 9.17) is 4.42 Å². The average molecular weight is 248 g/mol. The molecule has 0 spiro atoms. The number of nitrogens with zero attached hydrogens (tertiary/aromatic N) is 1. The van der Waals surface area contributed by atoms with Gasteiger partial charge in [-0.2, -0.15) is 0 Å². The van der Waals surface area contributed by atoms with Crippen molar-refractivity contribution in [2.24, 2.45) is 0 Å². The van der Waals surface area contributed by atoms with Crippen LogP contribution in [0.1, 0.15) is 13.8 Å². The van der Waals surface area contributed by atoms with Gasteiger partial charge in [-0.1, -0.05) is 0 Å². The normalized spacial score (nSPS) is 24.7. The second-order valence-electron chi connectivity index (χ2n) is 5.07. The molecule has 3 nitrogen and oxygen atoms in total. The Morgan fingerprint density at radius 3 is 3.06 bits per heavy atom. The predicted molar refractivity (Wildman–Crippen MR) is 70.4 cm³/mol. The van der Waals surface area contributed by atoms with Crippen molar-refractivity contribution in [3.8, 4) is 0 Å². The van der Waals surface area contributed by atoms with Crippen molar-refractivity contribution in [1.29, 1.82) is 0 Å². The number of halogens is 1. The maximum atomic E-state index is 13.7. The van der Waals surface area contributed by atoms with Gasteiger partial charge in [0.25, 0.3) is 0 Å². The molecular weight excluding hydrogens is 231 g/mol. The molecule has 0 aliphatic carbocycles. The van der Waals surface area contributed by atoms with Gasteiger partial charge in [0.1, 0.15) is 5.82 Å². The first-order valence-corrected chi connectivity index (χ1v) is 6.32. The zero-order chi connectivity index (χ0) is 12.7. The summed E-state index contributed by atoms with van der Waals surface area (Å²) < 4.78 is 19.2. The summed E-state index contributed by atoms with van der Waals surface area (Å²) in [6, 6.07) is 5.61. The largest absolute Gasteiger partial charge is 0.462 e. The third-order valence-electron chi connectivity index (χ3n) is 3.57. The van der Waals surface area contributed by atoms with Crippen LogP contribution >= 0.6 is 0 Å². The Kier molecular flexibility index (Phi) is 2.74. The van der Waals surface area contributed by atoms with Crippen LogP contribution in [0.25, 0.3) is 11.0 Å². The van der Waals surface area contributed by atoms with Crippen LogP contribution in [-0.4, -0.2) is 25.2 Å². The molecule has 4 heteroatoms. The van der Waals surface area contributed by atoms with E-state index in [1.807, 2.05) is 0 Å². The summed E-state index contributed by atoms with van der Waals surface area (Å²) in [5.74, 6) is -0.211. The molecule has 1 N–H and O–H groups in total. The fraction of sp³-hybridized carbons (Fsp3) is 0.429. The number of fused-ring (bicyclic) bond motifs is 1. The molecule has 18 heavy (non-hydrogen) atoms. The Morgan fingerprint density at radius 2 is 2.22 bits per heavy atom. The second-order valence-corrected chi connectivity index (χ2v) is 5.07. The smallest absolute Gasteiger partial charge is 0.157 e. The van der Waals surface area contributed by atoms with E-state index in [2.05, 4.69) is 24.1 Å². The van der Waals surface area contributed by atoms with Gasteiger partial charge in [0, 0.05) is 36.6 Å². The Bertz CT molecular complexity index is 566. The highest BCUT2D eigenvalue weighted by Crippen LogP contribution is 2.31. The average Bonchev–Trinajstić information content (AvgIpc) is 2.79. The monoisotopic (exact) mass is 248 g/mol. The lowest BCUT2D eigenvalue weighted by atomic mass is 10.1. The standard InChI is InChI=1S/C14H17FN2O/c1-9-8-17(10(2)7-16-9)13-6-12(15)5-11-3-4-18-14(11)13/h3-6,9-10,16H,7-8H2,1-2H3/t9-,10+/m0/s1. The van der Waals surface area contributed by atoms with Crippen LogP contribution < -0.4 is 10.2 Å². The molecule has 2 aromatic rings. The maximum absolute atomic E-state index is 13.7. The van der Waals surface area contributed by atoms with Gasteiger partial charge in [0.05, 0.1) is 12.0 Å². The van der Waals surface area contributed by atoms with Crippen LogP contribution in [-0.2, 0) is 0 Å². The molecule has 2 heterocycles. The quantitative estimate of drug-likeness (QED) is 0.841. The predicted octanol–water partition coefficient (Wildman–Crippen LogP) is 2.76. The number of hydrogen-bond donors (Lipinski definition) is 1. The second kappa shape index (κ2) is 4.28. The minimum atomic E-state index is -0.211. The number of nitrogens with one attached hydrogen (secondary N) is 1. The van der Waals surface area contributed by atoms with E-state index in [-0.39, 0.29) is 5.82 Å². The van der Waals surface area contributed by atoms with Crippen LogP contribution in [0.15, 0.2) is 28.9 Å². The van der Waals surface area contributed by atoms with E-state index >= 15 is 0 Å². The minimum Gasteiger partial charge on any atom is -0.462 e. The topological polar surface area (TPSA) is 28.4 Å². The van der Waals surface area contributed by atoms with Crippen molar-refractivity contribution >= 4 is 16.7 Å². The zero-order valence-electron chi connectivity index (χ0n) is 10.6. The molecule has 96 valence electrons. The van der Waals surface area contributed by atoms with Crippen molar-refractivity contribution in [3.05, 3.63) is 30.3 Å². The van der Waals surface area contributed by atoms with Crippen molar-refractivity contribution in [2.75, 3.05) is 18.0 Å². The molecule has 3 rings (SSSR count). The Morgan fingerprint density at radius 1 is 1.39 bits per heavy atom. The van der Waals surface area contributed by atoms with Gasteiger partial charge < -0.3 is 14.6 Å². The first kappa shape index (κ1) is 11.5. The summed E-state index contributed by atoms with van der Waals surface area (Å²) in [6.07, 6.45) is 1.61. The van der Waals surface area contributed by atoms with Gasteiger partial charge in [0.2, 0.25) is 0 Å². The highest BCUT2D eigenvalue weighted by molar-refractivity contribution is 5.89. The number of furan rings is 1. The maximum Gasteiger partial charge on any atom is 0.157 e. The number of benzene rings is 1. The summed E-state index contributed by atoms with van der Waals surface area (Å²) in [4.78, 5) is 2.22. The van der Waals surface area contributed by atoms with Crippen molar-refractivity contribution < 1.29 is 8.81 Å². The third-order valence-corrected chi connectivity index (χ3v) is 3.57. The molecule has 0 unspecified atom stereocenters. The van der Waals surface area contributed by atoms with Gasteiger partial charge >= 0.3 is 0 Å². The molecular formula is C14H17FN2O. The number of piperazine rings is 1. The first-order chi connectivity index (χ1) is 8.65. The zero-order valence-corrected chi connectivity index (χ0v) is 10.6. The van der Waals surface area contributed by atoms with E-state index in [9.17, 15) is 4.39 Å². The van der Waals surface area contributed by atoms with Crippen LogP contribution in [0.2, 0.25) is 0 Å². The molecule has 1 fully saturated rings. The van der Waals surface area contributed by atoms with Gasteiger partial charge in [-0.25, -0.2) is 4.39 Å². The van der Waals surface area contributed by atoms with E-state index in [0.29, 0.717) is 12.1 Å². The Balaban J connectivity index is 2.09. The lowest BCUT2D eigenvalue weighted by molar-refractivity contribution is 0.424. The number of hydrogen-bond acceptors (Lipinski definition) is 3. The SMILES string of the molecule is C[C@@H]1CN[C@@H](C)CN1c1cc(F)cc2ccoc12. The van der Waals surface area contributed by atoms with Crippen LogP contribution in [0.3, 0.4) is 0 Å². The summed E-state index contributed by atoms with van der Waals surface area (Å²) in [5, 5.41) is 4.24. The molecule has 1 aliphatic rings. The van der Waals surface area contributed by atoms with E-state index in [1.165, 1.54) is 6.07 Å². The molecule has 0 radical (unpaired) electrons. The fourth-order valence-electron chi connectivity index (χ4n) is 2.60.